The normalized spacial score (nSPS) is 11.1. The van der Waals surface area contributed by atoms with E-state index in [9.17, 15) is 23.1 Å². The maximum atomic E-state index is 11.9. The van der Waals surface area contributed by atoms with Crippen molar-refractivity contribution in [2.24, 2.45) is 0 Å². The van der Waals surface area contributed by atoms with E-state index in [-0.39, 0.29) is 27.1 Å². The van der Waals surface area contributed by atoms with Gasteiger partial charge in [-0.1, -0.05) is 11.6 Å². The first kappa shape index (κ1) is 20.5. The van der Waals surface area contributed by atoms with Crippen LogP contribution in [0, 0.1) is 6.92 Å². The summed E-state index contributed by atoms with van der Waals surface area (Å²) in [6, 6.07) is 6.35. The number of ether oxygens (including phenoxy) is 1. The molecule has 0 saturated heterocycles. The lowest BCUT2D eigenvalue weighted by Crippen LogP contribution is -2.21. The second kappa shape index (κ2) is 7.82. The highest BCUT2D eigenvalue weighted by atomic mass is 35.5. The number of phenolic OH excluding ortho intramolecular Hbond substituents is 1. The molecule has 27 heavy (non-hydrogen) atoms. The third-order valence-corrected chi connectivity index (χ3v) is 5.12. The molecule has 0 aliphatic rings. The van der Waals surface area contributed by atoms with E-state index < -0.39 is 27.6 Å². The van der Waals surface area contributed by atoms with Gasteiger partial charge in [-0.25, -0.2) is 17.9 Å². The number of halogens is 1. The van der Waals surface area contributed by atoms with Crippen molar-refractivity contribution in [2.45, 2.75) is 11.8 Å². The molecule has 2 aromatic rings. The lowest BCUT2D eigenvalue weighted by Gasteiger charge is -2.14. The fourth-order valence-corrected chi connectivity index (χ4v) is 3.26. The van der Waals surface area contributed by atoms with Gasteiger partial charge >= 0.3 is 11.9 Å². The van der Waals surface area contributed by atoms with Crippen molar-refractivity contribution in [1.29, 1.82) is 0 Å². The number of carbonyl (C=O) groups excluding carboxylic acids is 1. The Bertz CT molecular complexity index is 998. The van der Waals surface area contributed by atoms with E-state index in [1.807, 2.05) is 0 Å². The number of benzene rings is 2. The van der Waals surface area contributed by atoms with Gasteiger partial charge in [0.15, 0.2) is 0 Å². The Hall–Kier alpha value is -2.82. The van der Waals surface area contributed by atoms with Crippen molar-refractivity contribution in [2.75, 3.05) is 12.4 Å². The number of carboxylic acid groups (broad SMARTS) is 1. The van der Waals surface area contributed by atoms with E-state index in [1.165, 1.54) is 25.2 Å². The predicted molar refractivity (Wildman–Crippen MR) is 96.9 cm³/mol. The average Bonchev–Trinajstić information content (AvgIpc) is 2.59. The summed E-state index contributed by atoms with van der Waals surface area (Å²) in [5, 5.41) is 20.6. The summed E-state index contributed by atoms with van der Waals surface area (Å²) in [6.07, 6.45) is 0. The number of nitrogens with one attached hydrogen (secondary N) is 2. The molecule has 0 saturated carbocycles. The number of rotatable bonds is 5. The molecule has 0 fully saturated rings. The lowest BCUT2D eigenvalue weighted by atomic mass is 10.2. The summed E-state index contributed by atoms with van der Waals surface area (Å²) < 4.78 is 31.6. The van der Waals surface area contributed by atoms with Gasteiger partial charge in [-0.15, -0.1) is 0 Å². The third kappa shape index (κ3) is 4.67. The molecule has 0 aliphatic carbocycles. The maximum Gasteiger partial charge on any atom is 0.394 e. The van der Waals surface area contributed by atoms with Gasteiger partial charge in [0.1, 0.15) is 22.1 Å². The number of hydrogen-bond donors (Lipinski definition) is 4. The van der Waals surface area contributed by atoms with Gasteiger partial charge in [-0.2, -0.15) is 0 Å². The number of phenols is 1. The fourth-order valence-electron chi connectivity index (χ4n) is 2.12. The molecule has 0 unspecified atom stereocenters. The van der Waals surface area contributed by atoms with E-state index in [0.29, 0.717) is 5.56 Å². The molecule has 0 radical (unpaired) electrons. The zero-order valence-corrected chi connectivity index (χ0v) is 15.7. The summed E-state index contributed by atoms with van der Waals surface area (Å²) >= 11 is 6.13. The maximum absolute atomic E-state index is 11.9. The Labute approximate surface area is 159 Å². The minimum atomic E-state index is -3.91. The molecule has 0 aromatic heterocycles. The van der Waals surface area contributed by atoms with Gasteiger partial charge in [-0.3, -0.25) is 4.79 Å². The molecule has 0 spiro atoms. The van der Waals surface area contributed by atoms with Crippen LogP contribution in [0.5, 0.6) is 17.2 Å². The number of aliphatic carboxylic acids is 1. The van der Waals surface area contributed by atoms with E-state index in [2.05, 4.69) is 10.0 Å². The molecule has 2 aromatic carbocycles. The first-order valence-corrected chi connectivity index (χ1v) is 9.20. The van der Waals surface area contributed by atoms with Crippen LogP contribution in [0.3, 0.4) is 0 Å². The summed E-state index contributed by atoms with van der Waals surface area (Å²) in [6.45, 7) is 1.60. The van der Waals surface area contributed by atoms with Gasteiger partial charge in [-0.05, 0) is 43.8 Å². The zero-order valence-electron chi connectivity index (χ0n) is 14.1. The molecular weight excluding hydrogens is 400 g/mol. The first-order valence-electron chi connectivity index (χ1n) is 7.34. The lowest BCUT2D eigenvalue weighted by molar-refractivity contribution is -0.147. The average molecular weight is 415 g/mol. The number of amides is 1. The highest BCUT2D eigenvalue weighted by molar-refractivity contribution is 7.89. The molecule has 0 heterocycles. The summed E-state index contributed by atoms with van der Waals surface area (Å²) in [5.41, 5.74) is 0.607. The second-order valence-electron chi connectivity index (χ2n) is 5.30. The van der Waals surface area contributed by atoms with Crippen molar-refractivity contribution in [3.63, 3.8) is 0 Å². The molecule has 1 amide bonds. The van der Waals surface area contributed by atoms with Crippen LogP contribution in [0.15, 0.2) is 35.2 Å². The summed E-state index contributed by atoms with van der Waals surface area (Å²) in [7, 11) is -2.71. The highest BCUT2D eigenvalue weighted by Crippen LogP contribution is 2.37. The second-order valence-corrected chi connectivity index (χ2v) is 7.56. The molecule has 0 atom stereocenters. The minimum Gasteiger partial charge on any atom is -0.507 e. The van der Waals surface area contributed by atoms with Crippen molar-refractivity contribution in [3.05, 3.63) is 40.9 Å². The largest absolute Gasteiger partial charge is 0.507 e. The van der Waals surface area contributed by atoms with E-state index in [0.717, 1.165) is 12.1 Å². The fraction of sp³-hybridized carbons (Fsp3) is 0.125. The highest BCUT2D eigenvalue weighted by Gasteiger charge is 2.19. The number of aromatic hydroxyl groups is 1. The van der Waals surface area contributed by atoms with Crippen LogP contribution in [0.1, 0.15) is 5.56 Å². The summed E-state index contributed by atoms with van der Waals surface area (Å²) in [5.74, 6) is -3.06. The molecule has 11 heteroatoms. The van der Waals surface area contributed by atoms with E-state index >= 15 is 0 Å². The number of carbonyl (C=O) groups is 2. The topological polar surface area (TPSA) is 142 Å². The van der Waals surface area contributed by atoms with Crippen molar-refractivity contribution < 1.29 is 33.0 Å². The minimum absolute atomic E-state index is 0.0572. The number of anilines is 1. The number of carboxylic acids is 1. The van der Waals surface area contributed by atoms with Crippen LogP contribution in [-0.2, 0) is 19.6 Å². The molecule has 2 rings (SSSR count). The van der Waals surface area contributed by atoms with Crippen LogP contribution < -0.4 is 14.8 Å². The molecule has 0 aliphatic heterocycles. The van der Waals surface area contributed by atoms with Crippen LogP contribution in [0.2, 0.25) is 5.02 Å². The Balaban J connectivity index is 2.37. The van der Waals surface area contributed by atoms with Crippen LogP contribution >= 0.6 is 11.6 Å². The third-order valence-electron chi connectivity index (χ3n) is 3.39. The predicted octanol–water partition coefficient (Wildman–Crippen LogP) is 2.08. The number of sulfonamides is 1. The molecule has 9 nitrogen and oxygen atoms in total. The Kier molecular flexibility index (Phi) is 5.94. The van der Waals surface area contributed by atoms with Gasteiger partial charge in [0.25, 0.3) is 0 Å². The van der Waals surface area contributed by atoms with Gasteiger partial charge < -0.3 is 20.3 Å². The van der Waals surface area contributed by atoms with Gasteiger partial charge in [0.05, 0.1) is 5.02 Å². The molecule has 144 valence electrons. The number of hydrogen-bond acceptors (Lipinski definition) is 6. The van der Waals surface area contributed by atoms with E-state index in [1.54, 1.807) is 6.92 Å². The molecular formula is C16H15ClN2O7S. The summed E-state index contributed by atoms with van der Waals surface area (Å²) in [4.78, 5) is 21.5. The van der Waals surface area contributed by atoms with Crippen LogP contribution in [0.25, 0.3) is 0 Å². The first-order chi connectivity index (χ1) is 12.5. The van der Waals surface area contributed by atoms with Crippen LogP contribution in [0.4, 0.5) is 5.69 Å². The number of aryl methyl sites for hydroxylation is 1. The Morgan fingerprint density at radius 2 is 1.85 bits per heavy atom. The van der Waals surface area contributed by atoms with Crippen molar-refractivity contribution >= 4 is 39.2 Å². The Morgan fingerprint density at radius 3 is 2.41 bits per heavy atom. The van der Waals surface area contributed by atoms with Crippen molar-refractivity contribution in [1.82, 2.24) is 4.72 Å². The molecule has 4 N–H and O–H groups in total. The van der Waals surface area contributed by atoms with Gasteiger partial charge in [0.2, 0.25) is 10.0 Å². The van der Waals surface area contributed by atoms with Crippen LogP contribution in [-0.4, -0.2) is 37.6 Å². The quantitative estimate of drug-likeness (QED) is 0.548. The zero-order chi connectivity index (χ0) is 20.4. The van der Waals surface area contributed by atoms with Crippen molar-refractivity contribution in [3.8, 4) is 17.2 Å². The smallest absolute Gasteiger partial charge is 0.394 e. The monoisotopic (exact) mass is 414 g/mol. The standard InChI is InChI=1S/C16H15ClN2O7S/c1-8-5-9(19-15(21)16(22)23)6-11(17)14(8)26-10-3-4-12(20)13(7-10)27(24,25)18-2/h3-7,18,20H,1-2H3,(H,19,21)(H,22,23). The Morgan fingerprint density at radius 1 is 1.19 bits per heavy atom. The SMILES string of the molecule is CNS(=O)(=O)c1cc(Oc2c(C)cc(NC(=O)C(=O)O)cc2Cl)ccc1O. The van der Waals surface area contributed by atoms with E-state index in [4.69, 9.17) is 21.4 Å². The molecule has 0 bridgehead atoms. The van der Waals surface area contributed by atoms with Gasteiger partial charge in [0, 0.05) is 11.8 Å².